The number of benzene rings is 2. The Morgan fingerprint density at radius 1 is 1.08 bits per heavy atom. The molecule has 8 heteroatoms. The van der Waals surface area contributed by atoms with Crippen LogP contribution in [0.5, 0.6) is 0 Å². The summed E-state index contributed by atoms with van der Waals surface area (Å²) in [7, 11) is -3.56. The second-order valence-electron chi connectivity index (χ2n) is 5.83. The minimum absolute atomic E-state index is 0.195. The van der Waals surface area contributed by atoms with Crippen LogP contribution in [0, 0.1) is 0 Å². The number of rotatable bonds is 4. The SMILES string of the molecule is O=S(=O)(c1ccc(-n2cccn2)cc1)N1CCSC1c1ccc(Br)cc1. The van der Waals surface area contributed by atoms with Crippen molar-refractivity contribution in [1.82, 2.24) is 14.1 Å². The van der Waals surface area contributed by atoms with E-state index in [2.05, 4.69) is 21.0 Å². The van der Waals surface area contributed by atoms with Gasteiger partial charge in [-0.2, -0.15) is 9.40 Å². The molecule has 26 heavy (non-hydrogen) atoms. The molecule has 1 aliphatic rings. The molecule has 0 N–H and O–H groups in total. The van der Waals surface area contributed by atoms with Gasteiger partial charge >= 0.3 is 0 Å². The van der Waals surface area contributed by atoms with E-state index in [9.17, 15) is 8.42 Å². The van der Waals surface area contributed by atoms with E-state index in [1.807, 2.05) is 36.5 Å². The molecule has 5 nitrogen and oxygen atoms in total. The Labute approximate surface area is 165 Å². The summed E-state index contributed by atoms with van der Waals surface area (Å²) in [5, 5.41) is 3.97. The van der Waals surface area contributed by atoms with Crippen molar-refractivity contribution in [2.45, 2.75) is 10.3 Å². The third-order valence-electron chi connectivity index (χ3n) is 4.22. The minimum atomic E-state index is -3.56. The van der Waals surface area contributed by atoms with Crippen molar-refractivity contribution in [2.75, 3.05) is 12.3 Å². The summed E-state index contributed by atoms with van der Waals surface area (Å²) >= 11 is 5.07. The Bertz CT molecular complexity index is 988. The lowest BCUT2D eigenvalue weighted by molar-refractivity contribution is 0.434. The molecule has 2 heterocycles. The molecule has 0 radical (unpaired) electrons. The van der Waals surface area contributed by atoms with Crippen LogP contribution in [0.25, 0.3) is 5.69 Å². The molecule has 1 fully saturated rings. The summed E-state index contributed by atoms with van der Waals surface area (Å²) in [5.74, 6) is 0.783. The van der Waals surface area contributed by atoms with E-state index in [0.717, 1.165) is 21.5 Å². The fourth-order valence-electron chi connectivity index (χ4n) is 2.92. The van der Waals surface area contributed by atoms with Gasteiger partial charge in [-0.25, -0.2) is 13.1 Å². The predicted octanol–water partition coefficient (Wildman–Crippen LogP) is 4.07. The summed E-state index contributed by atoms with van der Waals surface area (Å²) in [4.78, 5) is 0.304. The van der Waals surface area contributed by atoms with Crippen LogP contribution in [0.4, 0.5) is 0 Å². The van der Waals surface area contributed by atoms with E-state index < -0.39 is 10.0 Å². The molecule has 0 aliphatic carbocycles. The van der Waals surface area contributed by atoms with Crippen LogP contribution in [0.3, 0.4) is 0 Å². The minimum Gasteiger partial charge on any atom is -0.241 e. The Balaban J connectivity index is 1.64. The zero-order chi connectivity index (χ0) is 18.1. The normalized spacial score (nSPS) is 18.3. The summed E-state index contributed by atoms with van der Waals surface area (Å²) in [6.07, 6.45) is 3.51. The van der Waals surface area contributed by atoms with Gasteiger partial charge in [-0.1, -0.05) is 28.1 Å². The highest BCUT2D eigenvalue weighted by atomic mass is 79.9. The maximum absolute atomic E-state index is 13.2. The van der Waals surface area contributed by atoms with Crippen LogP contribution in [0.2, 0.25) is 0 Å². The van der Waals surface area contributed by atoms with Crippen molar-refractivity contribution in [1.29, 1.82) is 0 Å². The molecule has 3 aromatic rings. The highest BCUT2D eigenvalue weighted by molar-refractivity contribution is 9.10. The van der Waals surface area contributed by atoms with Gasteiger partial charge in [0.1, 0.15) is 0 Å². The number of aromatic nitrogens is 2. The van der Waals surface area contributed by atoms with Crippen molar-refractivity contribution in [3.05, 3.63) is 77.0 Å². The Morgan fingerprint density at radius 3 is 2.46 bits per heavy atom. The van der Waals surface area contributed by atoms with Crippen molar-refractivity contribution in [3.8, 4) is 5.69 Å². The van der Waals surface area contributed by atoms with Gasteiger partial charge in [-0.15, -0.1) is 11.8 Å². The molecule has 1 aromatic heterocycles. The van der Waals surface area contributed by atoms with E-state index in [1.165, 1.54) is 0 Å². The van der Waals surface area contributed by atoms with Gasteiger partial charge in [-0.05, 0) is 48.0 Å². The first-order valence-corrected chi connectivity index (χ1v) is 11.3. The molecule has 1 saturated heterocycles. The topological polar surface area (TPSA) is 55.2 Å². The molecule has 1 atom stereocenters. The molecule has 0 spiro atoms. The second-order valence-corrected chi connectivity index (χ2v) is 9.83. The van der Waals surface area contributed by atoms with Gasteiger partial charge in [0, 0.05) is 29.2 Å². The van der Waals surface area contributed by atoms with Crippen LogP contribution in [0.1, 0.15) is 10.9 Å². The van der Waals surface area contributed by atoms with Crippen LogP contribution in [0.15, 0.2) is 76.4 Å². The van der Waals surface area contributed by atoms with Crippen molar-refractivity contribution < 1.29 is 8.42 Å². The van der Waals surface area contributed by atoms with Gasteiger partial charge < -0.3 is 0 Å². The van der Waals surface area contributed by atoms with Gasteiger partial charge in [-0.3, -0.25) is 0 Å². The monoisotopic (exact) mass is 449 g/mol. The summed E-state index contributed by atoms with van der Waals surface area (Å²) in [6, 6.07) is 16.5. The maximum atomic E-state index is 13.2. The van der Waals surface area contributed by atoms with Gasteiger partial charge in [0.05, 0.1) is 16.0 Å². The molecular weight excluding hydrogens is 434 g/mol. The highest BCUT2D eigenvalue weighted by Crippen LogP contribution is 2.41. The third-order valence-corrected chi connectivity index (χ3v) is 8.02. The van der Waals surface area contributed by atoms with E-state index >= 15 is 0 Å². The molecule has 0 saturated carbocycles. The maximum Gasteiger partial charge on any atom is 0.244 e. The fourth-order valence-corrected chi connectivity index (χ4v) is 6.42. The van der Waals surface area contributed by atoms with E-state index in [1.54, 1.807) is 51.2 Å². The first kappa shape index (κ1) is 17.8. The highest BCUT2D eigenvalue weighted by Gasteiger charge is 2.36. The van der Waals surface area contributed by atoms with Crippen LogP contribution < -0.4 is 0 Å². The van der Waals surface area contributed by atoms with Crippen LogP contribution in [-0.4, -0.2) is 34.8 Å². The van der Waals surface area contributed by atoms with Crippen molar-refractivity contribution >= 4 is 37.7 Å². The summed E-state index contributed by atoms with van der Waals surface area (Å²) < 4.78 is 30.6. The first-order chi connectivity index (χ1) is 12.6. The Kier molecular flexibility index (Phi) is 4.92. The molecule has 0 bridgehead atoms. The Morgan fingerprint density at radius 2 is 1.81 bits per heavy atom. The molecule has 1 aliphatic heterocycles. The summed E-state index contributed by atoms with van der Waals surface area (Å²) in [5.41, 5.74) is 1.82. The average Bonchev–Trinajstić information content (AvgIpc) is 3.35. The number of thioether (sulfide) groups is 1. The fraction of sp³-hybridized carbons (Fsp3) is 0.167. The van der Waals surface area contributed by atoms with Crippen molar-refractivity contribution in [3.63, 3.8) is 0 Å². The van der Waals surface area contributed by atoms with Gasteiger partial charge in [0.15, 0.2) is 0 Å². The van der Waals surface area contributed by atoms with Crippen LogP contribution in [-0.2, 0) is 10.0 Å². The molecular formula is C18H16BrN3O2S2. The van der Waals surface area contributed by atoms with Crippen molar-refractivity contribution in [2.24, 2.45) is 0 Å². The lowest BCUT2D eigenvalue weighted by atomic mass is 10.2. The quantitative estimate of drug-likeness (QED) is 0.602. The Hall–Kier alpha value is -1.61. The number of hydrogen-bond acceptors (Lipinski definition) is 4. The van der Waals surface area contributed by atoms with Gasteiger partial charge in [0.25, 0.3) is 0 Å². The molecule has 2 aromatic carbocycles. The van der Waals surface area contributed by atoms with E-state index in [4.69, 9.17) is 0 Å². The van der Waals surface area contributed by atoms with E-state index in [0.29, 0.717) is 11.4 Å². The zero-order valence-electron chi connectivity index (χ0n) is 13.7. The third kappa shape index (κ3) is 3.34. The largest absolute Gasteiger partial charge is 0.244 e. The molecule has 0 amide bonds. The van der Waals surface area contributed by atoms with Crippen LogP contribution >= 0.6 is 27.7 Å². The molecule has 134 valence electrons. The standard InChI is InChI=1S/C18H16BrN3O2S2/c19-15-4-2-14(3-5-15)18-22(12-13-25-18)26(23,24)17-8-6-16(7-9-17)21-11-1-10-20-21/h1-11,18H,12-13H2. The first-order valence-electron chi connectivity index (χ1n) is 8.05. The second kappa shape index (κ2) is 7.19. The number of hydrogen-bond donors (Lipinski definition) is 0. The number of halogens is 1. The van der Waals surface area contributed by atoms with E-state index in [-0.39, 0.29) is 5.37 Å². The lowest BCUT2D eigenvalue weighted by Gasteiger charge is -2.23. The smallest absolute Gasteiger partial charge is 0.241 e. The number of nitrogens with zero attached hydrogens (tertiary/aromatic N) is 3. The predicted molar refractivity (Wildman–Crippen MR) is 107 cm³/mol. The molecule has 4 rings (SSSR count). The number of sulfonamides is 1. The summed E-state index contributed by atoms with van der Waals surface area (Å²) in [6.45, 7) is 0.509. The molecule has 1 unspecified atom stereocenters. The average molecular weight is 450 g/mol. The lowest BCUT2D eigenvalue weighted by Crippen LogP contribution is -2.30. The van der Waals surface area contributed by atoms with Gasteiger partial charge in [0.2, 0.25) is 10.0 Å². The zero-order valence-corrected chi connectivity index (χ0v) is 16.9.